The molecule has 3 heteroatoms. The third-order valence-electron chi connectivity index (χ3n) is 3.24. The second-order valence-electron chi connectivity index (χ2n) is 6.00. The molecular formula is C17H22INS. The third kappa shape index (κ3) is 3.83. The Balaban J connectivity index is 2.36. The van der Waals surface area contributed by atoms with Crippen molar-refractivity contribution in [2.45, 2.75) is 39.2 Å². The van der Waals surface area contributed by atoms with Crippen molar-refractivity contribution in [3.05, 3.63) is 55.3 Å². The van der Waals surface area contributed by atoms with Crippen LogP contribution in [0, 0.1) is 3.57 Å². The predicted octanol–water partition coefficient (Wildman–Crippen LogP) is 5.35. The van der Waals surface area contributed by atoms with Crippen LogP contribution in [0.1, 0.15) is 49.1 Å². The van der Waals surface area contributed by atoms with Gasteiger partial charge in [-0.2, -0.15) is 0 Å². The Kier molecular flexibility index (Phi) is 5.26. The summed E-state index contributed by atoms with van der Waals surface area (Å²) in [5, 5.41) is 3.61. The monoisotopic (exact) mass is 399 g/mol. The van der Waals surface area contributed by atoms with Gasteiger partial charge in [-0.05, 0) is 64.4 Å². The lowest BCUT2D eigenvalue weighted by Crippen LogP contribution is -2.21. The van der Waals surface area contributed by atoms with E-state index >= 15 is 0 Å². The molecule has 1 nitrogen and oxygen atoms in total. The van der Waals surface area contributed by atoms with Gasteiger partial charge in [0.25, 0.3) is 0 Å². The van der Waals surface area contributed by atoms with Gasteiger partial charge in [0.05, 0.1) is 6.04 Å². The average Bonchev–Trinajstić information content (AvgIpc) is 2.85. The largest absolute Gasteiger partial charge is 0.306 e. The first-order chi connectivity index (χ1) is 9.41. The standard InChI is InChI=1S/C17H22INS/c1-5-19-16(12-7-6-8-13(18)11-12)14-9-10-15(20-14)17(2,3)4/h6-11,16,19H,5H2,1-4H3. The van der Waals surface area contributed by atoms with Crippen molar-refractivity contribution >= 4 is 33.9 Å². The molecule has 1 N–H and O–H groups in total. The van der Waals surface area contributed by atoms with Crippen LogP contribution in [-0.4, -0.2) is 6.54 Å². The lowest BCUT2D eigenvalue weighted by Gasteiger charge is -2.19. The van der Waals surface area contributed by atoms with E-state index < -0.39 is 0 Å². The van der Waals surface area contributed by atoms with Gasteiger partial charge >= 0.3 is 0 Å². The van der Waals surface area contributed by atoms with Crippen LogP contribution in [0.15, 0.2) is 36.4 Å². The Labute approximate surface area is 139 Å². The average molecular weight is 399 g/mol. The van der Waals surface area contributed by atoms with Crippen LogP contribution in [0.25, 0.3) is 0 Å². The van der Waals surface area contributed by atoms with Crippen molar-refractivity contribution in [2.75, 3.05) is 6.54 Å². The third-order valence-corrected chi connectivity index (χ3v) is 5.49. The zero-order valence-corrected chi connectivity index (χ0v) is 15.5. The summed E-state index contributed by atoms with van der Waals surface area (Å²) in [7, 11) is 0. The number of rotatable bonds is 4. The molecule has 0 bridgehead atoms. The molecule has 2 rings (SSSR count). The lowest BCUT2D eigenvalue weighted by atomic mass is 9.95. The zero-order valence-electron chi connectivity index (χ0n) is 12.5. The molecule has 0 spiro atoms. The zero-order chi connectivity index (χ0) is 14.8. The Morgan fingerprint density at radius 2 is 1.95 bits per heavy atom. The first-order valence-corrected chi connectivity index (χ1v) is 8.90. The van der Waals surface area contributed by atoms with E-state index in [1.54, 1.807) is 0 Å². The van der Waals surface area contributed by atoms with Crippen LogP contribution in [0.2, 0.25) is 0 Å². The normalized spacial score (nSPS) is 13.4. The van der Waals surface area contributed by atoms with E-state index in [0.717, 1.165) is 6.54 Å². The van der Waals surface area contributed by atoms with Gasteiger partial charge in [-0.15, -0.1) is 11.3 Å². The summed E-state index contributed by atoms with van der Waals surface area (Å²) in [6.07, 6.45) is 0. The molecule has 2 aromatic rings. The highest BCUT2D eigenvalue weighted by atomic mass is 127. The molecule has 20 heavy (non-hydrogen) atoms. The fraction of sp³-hybridized carbons (Fsp3) is 0.412. The highest BCUT2D eigenvalue weighted by molar-refractivity contribution is 14.1. The minimum atomic E-state index is 0.227. The summed E-state index contributed by atoms with van der Waals surface area (Å²) in [6.45, 7) is 9.96. The molecule has 1 aromatic carbocycles. The number of benzene rings is 1. The van der Waals surface area contributed by atoms with Gasteiger partial charge in [0.15, 0.2) is 0 Å². The summed E-state index contributed by atoms with van der Waals surface area (Å²) >= 11 is 4.30. The summed E-state index contributed by atoms with van der Waals surface area (Å²) in [6, 6.07) is 13.6. The van der Waals surface area contributed by atoms with Crippen molar-refractivity contribution in [3.8, 4) is 0 Å². The van der Waals surface area contributed by atoms with Crippen molar-refractivity contribution in [1.29, 1.82) is 0 Å². The van der Waals surface area contributed by atoms with Crippen molar-refractivity contribution in [3.63, 3.8) is 0 Å². The summed E-state index contributed by atoms with van der Waals surface area (Å²) in [5.41, 5.74) is 1.58. The maximum atomic E-state index is 3.61. The van der Waals surface area contributed by atoms with Gasteiger partial charge in [-0.25, -0.2) is 0 Å². The fourth-order valence-corrected chi connectivity index (χ4v) is 3.92. The molecule has 0 radical (unpaired) electrons. The molecule has 1 unspecified atom stereocenters. The van der Waals surface area contributed by atoms with E-state index in [0.29, 0.717) is 6.04 Å². The molecule has 1 atom stereocenters. The van der Waals surface area contributed by atoms with E-state index in [1.165, 1.54) is 18.9 Å². The quantitative estimate of drug-likeness (QED) is 0.684. The van der Waals surface area contributed by atoms with Crippen LogP contribution >= 0.6 is 33.9 Å². The molecule has 0 saturated heterocycles. The molecule has 0 saturated carbocycles. The molecular weight excluding hydrogens is 377 g/mol. The number of halogens is 1. The first kappa shape index (κ1) is 16.0. The van der Waals surface area contributed by atoms with Crippen LogP contribution < -0.4 is 5.32 Å². The van der Waals surface area contributed by atoms with E-state index in [4.69, 9.17) is 0 Å². The van der Waals surface area contributed by atoms with E-state index in [1.807, 2.05) is 11.3 Å². The second-order valence-corrected chi connectivity index (χ2v) is 8.36. The van der Waals surface area contributed by atoms with Gasteiger partial charge in [-0.3, -0.25) is 0 Å². The molecule has 1 heterocycles. The first-order valence-electron chi connectivity index (χ1n) is 7.01. The van der Waals surface area contributed by atoms with Crippen molar-refractivity contribution < 1.29 is 0 Å². The topological polar surface area (TPSA) is 12.0 Å². The minimum absolute atomic E-state index is 0.227. The van der Waals surface area contributed by atoms with Gasteiger partial charge in [0.2, 0.25) is 0 Å². The number of thiophene rings is 1. The molecule has 0 aliphatic rings. The van der Waals surface area contributed by atoms with Crippen LogP contribution in [-0.2, 0) is 5.41 Å². The fourth-order valence-electron chi connectivity index (χ4n) is 2.18. The summed E-state index contributed by atoms with van der Waals surface area (Å²) in [5.74, 6) is 0. The summed E-state index contributed by atoms with van der Waals surface area (Å²) in [4.78, 5) is 2.85. The predicted molar refractivity (Wildman–Crippen MR) is 97.7 cm³/mol. The minimum Gasteiger partial charge on any atom is -0.306 e. The Bertz CT molecular complexity index is 568. The van der Waals surface area contributed by atoms with Gasteiger partial charge in [-0.1, -0.05) is 39.8 Å². The SMILES string of the molecule is CCNC(c1cccc(I)c1)c1ccc(C(C)(C)C)s1. The molecule has 1 aromatic heterocycles. The highest BCUT2D eigenvalue weighted by Crippen LogP contribution is 2.34. The second kappa shape index (κ2) is 6.58. The van der Waals surface area contributed by atoms with Crippen molar-refractivity contribution in [1.82, 2.24) is 5.32 Å². The number of hydrogen-bond donors (Lipinski definition) is 1. The molecule has 108 valence electrons. The van der Waals surface area contributed by atoms with Crippen LogP contribution in [0.4, 0.5) is 0 Å². The van der Waals surface area contributed by atoms with Gasteiger partial charge < -0.3 is 5.32 Å². The summed E-state index contributed by atoms with van der Waals surface area (Å²) < 4.78 is 1.29. The smallest absolute Gasteiger partial charge is 0.0671 e. The molecule has 0 fully saturated rings. The Hall–Kier alpha value is -0.390. The van der Waals surface area contributed by atoms with Crippen molar-refractivity contribution in [2.24, 2.45) is 0 Å². The van der Waals surface area contributed by atoms with E-state index in [2.05, 4.69) is 92.0 Å². The Morgan fingerprint density at radius 1 is 1.20 bits per heavy atom. The lowest BCUT2D eigenvalue weighted by molar-refractivity contribution is 0.604. The number of nitrogens with one attached hydrogen (secondary N) is 1. The van der Waals surface area contributed by atoms with Gasteiger partial charge in [0.1, 0.15) is 0 Å². The maximum Gasteiger partial charge on any atom is 0.0671 e. The van der Waals surface area contributed by atoms with E-state index in [9.17, 15) is 0 Å². The maximum absolute atomic E-state index is 3.61. The molecule has 0 aliphatic carbocycles. The van der Waals surface area contributed by atoms with Crippen LogP contribution in [0.3, 0.4) is 0 Å². The Morgan fingerprint density at radius 3 is 2.50 bits per heavy atom. The molecule has 0 amide bonds. The molecule has 0 aliphatic heterocycles. The van der Waals surface area contributed by atoms with Crippen LogP contribution in [0.5, 0.6) is 0 Å². The number of hydrogen-bond acceptors (Lipinski definition) is 2. The highest BCUT2D eigenvalue weighted by Gasteiger charge is 2.20. The van der Waals surface area contributed by atoms with Gasteiger partial charge in [0, 0.05) is 13.3 Å². The van der Waals surface area contributed by atoms with E-state index in [-0.39, 0.29) is 5.41 Å².